The average Bonchev–Trinajstić information content (AvgIpc) is 2.69. The van der Waals surface area contributed by atoms with E-state index in [1.165, 1.54) is 18.9 Å². The van der Waals surface area contributed by atoms with Crippen LogP contribution in [0.25, 0.3) is 0 Å². The van der Waals surface area contributed by atoms with Gasteiger partial charge in [0, 0.05) is 6.54 Å². The molecule has 0 spiro atoms. The van der Waals surface area contributed by atoms with Crippen LogP contribution in [0.3, 0.4) is 0 Å². The molecule has 1 aliphatic heterocycles. The van der Waals surface area contributed by atoms with Crippen LogP contribution in [0, 0.1) is 5.82 Å². The summed E-state index contributed by atoms with van der Waals surface area (Å²) in [7, 11) is 2.02. The van der Waals surface area contributed by atoms with E-state index in [1.54, 1.807) is 12.1 Å². The van der Waals surface area contributed by atoms with Crippen LogP contribution in [0.5, 0.6) is 0 Å². The van der Waals surface area contributed by atoms with Crippen molar-refractivity contribution in [3.63, 3.8) is 0 Å². The average molecular weight is 292 g/mol. The number of amides is 1. The standard InChI is InChI=1S/C17H25FN2O/c1-20-13-6-2-3-11-16(20)17(21)19-12-7-9-14-8-4-5-10-15(14)18/h4-5,8,10,16H,2-3,6-7,9,11-13H2,1H3,(H,19,21)/t16-/m1/s1. The Bertz CT molecular complexity index is 464. The SMILES string of the molecule is CN1CCCCC[C@@H]1C(=O)NCCCc1ccccc1F. The third-order valence-electron chi connectivity index (χ3n) is 4.20. The lowest BCUT2D eigenvalue weighted by Crippen LogP contribution is -2.45. The lowest BCUT2D eigenvalue weighted by molar-refractivity contribution is -0.126. The zero-order valence-electron chi connectivity index (χ0n) is 12.8. The molecule has 1 amide bonds. The molecule has 0 saturated carbocycles. The second-order valence-electron chi connectivity index (χ2n) is 5.83. The van der Waals surface area contributed by atoms with Gasteiger partial charge in [0.25, 0.3) is 0 Å². The molecular formula is C17H25FN2O. The molecule has 116 valence electrons. The lowest BCUT2D eigenvalue weighted by Gasteiger charge is -2.24. The maximum Gasteiger partial charge on any atom is 0.237 e. The van der Waals surface area contributed by atoms with Gasteiger partial charge in [0.2, 0.25) is 5.91 Å². The van der Waals surface area contributed by atoms with Crippen LogP contribution in [0.1, 0.15) is 37.7 Å². The number of rotatable bonds is 5. The highest BCUT2D eigenvalue weighted by Crippen LogP contribution is 2.15. The Balaban J connectivity index is 1.72. The maximum absolute atomic E-state index is 13.5. The van der Waals surface area contributed by atoms with Crippen molar-refractivity contribution < 1.29 is 9.18 Å². The third-order valence-corrected chi connectivity index (χ3v) is 4.20. The molecule has 1 saturated heterocycles. The molecule has 1 heterocycles. The third kappa shape index (κ3) is 4.81. The summed E-state index contributed by atoms with van der Waals surface area (Å²) in [6.07, 6.45) is 5.87. The summed E-state index contributed by atoms with van der Waals surface area (Å²) in [6, 6.07) is 6.82. The highest BCUT2D eigenvalue weighted by Gasteiger charge is 2.23. The molecule has 1 aromatic carbocycles. The lowest BCUT2D eigenvalue weighted by atomic mass is 10.1. The zero-order valence-corrected chi connectivity index (χ0v) is 12.8. The Kier molecular flexibility index (Phi) is 6.18. The summed E-state index contributed by atoms with van der Waals surface area (Å²) in [6.45, 7) is 1.60. The minimum atomic E-state index is -0.160. The van der Waals surface area contributed by atoms with Crippen molar-refractivity contribution in [1.82, 2.24) is 10.2 Å². The van der Waals surface area contributed by atoms with Crippen LogP contribution in [0.2, 0.25) is 0 Å². The molecule has 4 heteroatoms. The van der Waals surface area contributed by atoms with Gasteiger partial charge in [-0.1, -0.05) is 31.0 Å². The largest absolute Gasteiger partial charge is 0.355 e. The van der Waals surface area contributed by atoms with Gasteiger partial charge in [-0.3, -0.25) is 9.69 Å². The van der Waals surface area contributed by atoms with Crippen molar-refractivity contribution >= 4 is 5.91 Å². The maximum atomic E-state index is 13.5. The molecule has 1 fully saturated rings. The van der Waals surface area contributed by atoms with Crippen molar-refractivity contribution in [2.24, 2.45) is 0 Å². The van der Waals surface area contributed by atoms with E-state index < -0.39 is 0 Å². The highest BCUT2D eigenvalue weighted by atomic mass is 19.1. The predicted octanol–water partition coefficient (Wildman–Crippen LogP) is 2.75. The van der Waals surface area contributed by atoms with Gasteiger partial charge in [-0.2, -0.15) is 0 Å². The number of likely N-dealkylation sites (N-methyl/N-ethyl adjacent to an activating group) is 1. The van der Waals surface area contributed by atoms with Crippen LogP contribution in [0.15, 0.2) is 24.3 Å². The van der Waals surface area contributed by atoms with E-state index in [2.05, 4.69) is 10.2 Å². The number of halogens is 1. The summed E-state index contributed by atoms with van der Waals surface area (Å²) in [5.41, 5.74) is 0.721. The number of benzene rings is 1. The van der Waals surface area contributed by atoms with Crippen molar-refractivity contribution in [2.75, 3.05) is 20.1 Å². The fraction of sp³-hybridized carbons (Fsp3) is 0.588. The van der Waals surface area contributed by atoms with Gasteiger partial charge >= 0.3 is 0 Å². The van der Waals surface area contributed by atoms with Crippen molar-refractivity contribution in [3.8, 4) is 0 Å². The fourth-order valence-electron chi connectivity index (χ4n) is 2.89. The molecule has 1 aromatic rings. The van der Waals surface area contributed by atoms with Crippen LogP contribution in [-0.4, -0.2) is 37.0 Å². The second-order valence-corrected chi connectivity index (χ2v) is 5.83. The van der Waals surface area contributed by atoms with Gasteiger partial charge in [-0.15, -0.1) is 0 Å². The molecule has 1 N–H and O–H groups in total. The topological polar surface area (TPSA) is 32.3 Å². The predicted molar refractivity (Wildman–Crippen MR) is 82.6 cm³/mol. The molecule has 0 aromatic heterocycles. The monoisotopic (exact) mass is 292 g/mol. The molecule has 0 bridgehead atoms. The van der Waals surface area contributed by atoms with Gasteiger partial charge < -0.3 is 5.32 Å². The number of hydrogen-bond donors (Lipinski definition) is 1. The van der Waals surface area contributed by atoms with E-state index in [-0.39, 0.29) is 17.8 Å². The number of likely N-dealkylation sites (tertiary alicyclic amines) is 1. The summed E-state index contributed by atoms with van der Waals surface area (Å²) in [5, 5.41) is 3.00. The van der Waals surface area contributed by atoms with Crippen molar-refractivity contribution in [1.29, 1.82) is 0 Å². The van der Waals surface area contributed by atoms with Crippen LogP contribution < -0.4 is 5.32 Å². The number of nitrogens with one attached hydrogen (secondary N) is 1. The normalized spacial score (nSPS) is 20.0. The Morgan fingerprint density at radius 2 is 2.14 bits per heavy atom. The first-order chi connectivity index (χ1) is 10.2. The Hall–Kier alpha value is -1.42. The second kappa shape index (κ2) is 8.13. The summed E-state index contributed by atoms with van der Waals surface area (Å²) < 4.78 is 13.5. The smallest absolute Gasteiger partial charge is 0.237 e. The Morgan fingerprint density at radius 3 is 2.95 bits per heavy atom. The van der Waals surface area contributed by atoms with Crippen LogP contribution in [0.4, 0.5) is 4.39 Å². The van der Waals surface area contributed by atoms with E-state index in [4.69, 9.17) is 0 Å². The summed E-state index contributed by atoms with van der Waals surface area (Å²) in [4.78, 5) is 14.4. The van der Waals surface area contributed by atoms with Gasteiger partial charge in [-0.25, -0.2) is 4.39 Å². The van der Waals surface area contributed by atoms with E-state index in [1.807, 2.05) is 13.1 Å². The van der Waals surface area contributed by atoms with Crippen molar-refractivity contribution in [3.05, 3.63) is 35.6 Å². The van der Waals surface area contributed by atoms with Gasteiger partial charge in [-0.05, 0) is 50.9 Å². The minimum Gasteiger partial charge on any atom is -0.355 e. The Labute approximate surface area is 126 Å². The molecule has 0 radical (unpaired) electrons. The van der Waals surface area contributed by atoms with Gasteiger partial charge in [0.15, 0.2) is 0 Å². The molecular weight excluding hydrogens is 267 g/mol. The number of hydrogen-bond acceptors (Lipinski definition) is 2. The van der Waals surface area contributed by atoms with Gasteiger partial charge in [0.05, 0.1) is 6.04 Å². The quantitative estimate of drug-likeness (QED) is 0.846. The van der Waals surface area contributed by atoms with Crippen LogP contribution >= 0.6 is 0 Å². The molecule has 2 rings (SSSR count). The zero-order chi connectivity index (χ0) is 15.1. The molecule has 1 aliphatic rings. The fourth-order valence-corrected chi connectivity index (χ4v) is 2.89. The summed E-state index contributed by atoms with van der Waals surface area (Å²) >= 11 is 0. The molecule has 1 atom stereocenters. The highest BCUT2D eigenvalue weighted by molar-refractivity contribution is 5.81. The van der Waals surface area contributed by atoms with Crippen LogP contribution in [-0.2, 0) is 11.2 Å². The molecule has 3 nitrogen and oxygen atoms in total. The molecule has 21 heavy (non-hydrogen) atoms. The minimum absolute atomic E-state index is 0.000890. The number of nitrogens with zero attached hydrogens (tertiary/aromatic N) is 1. The van der Waals surface area contributed by atoms with E-state index in [0.29, 0.717) is 13.0 Å². The van der Waals surface area contributed by atoms with Gasteiger partial charge in [0.1, 0.15) is 5.82 Å². The van der Waals surface area contributed by atoms with E-state index in [0.717, 1.165) is 31.4 Å². The number of aryl methyl sites for hydroxylation is 1. The Morgan fingerprint density at radius 1 is 1.33 bits per heavy atom. The first-order valence-corrected chi connectivity index (χ1v) is 7.90. The van der Waals surface area contributed by atoms with E-state index in [9.17, 15) is 9.18 Å². The molecule has 0 aliphatic carbocycles. The van der Waals surface area contributed by atoms with Crippen molar-refractivity contribution in [2.45, 2.75) is 44.6 Å². The number of carbonyl (C=O) groups excluding carboxylic acids is 1. The first-order valence-electron chi connectivity index (χ1n) is 7.90. The first kappa shape index (κ1) is 16.0. The summed E-state index contributed by atoms with van der Waals surface area (Å²) in [5.74, 6) is -0.0414. The van der Waals surface area contributed by atoms with E-state index >= 15 is 0 Å². The number of carbonyl (C=O) groups is 1. The molecule has 0 unspecified atom stereocenters.